The molecule has 11 rings (SSSR count). The number of β-amino-alcohol motifs (C(OH)–C–C–N with tert-alkyl or cyclic N) is 1. The van der Waals surface area contributed by atoms with E-state index < -0.39 is 33.0 Å². The third-order valence-corrected chi connectivity index (χ3v) is 27.1. The highest BCUT2D eigenvalue weighted by Crippen LogP contribution is 2.52. The van der Waals surface area contributed by atoms with Crippen LogP contribution in [-0.2, 0) is 64.3 Å². The molecule has 133 heavy (non-hydrogen) atoms. The number of aliphatic hydroxyl groups excluding tert-OH is 1. The van der Waals surface area contributed by atoms with Crippen LogP contribution >= 0.6 is 0 Å². The van der Waals surface area contributed by atoms with Gasteiger partial charge >= 0.3 is 8.32 Å². The molecule has 0 bridgehead atoms. The van der Waals surface area contributed by atoms with Crippen LogP contribution in [0.5, 0.6) is 69.0 Å². The number of rotatable bonds is 47. The number of aromatic hydroxyl groups is 1. The molecule has 0 radical (unpaired) electrons. The van der Waals surface area contributed by atoms with Crippen LogP contribution in [0.3, 0.4) is 0 Å². The first-order valence-electron chi connectivity index (χ1n) is 43.2. The molecule has 7 N–H and O–H groups in total. The number of ether oxygens (including phenoxy) is 18. The molecule has 1 heterocycles. The zero-order valence-corrected chi connectivity index (χ0v) is 80.1. The number of methoxy groups -OCH3 is 12. The molecule has 10 aromatic rings. The minimum Gasteiger partial charge on any atom is -0.534 e. The van der Waals surface area contributed by atoms with E-state index in [1.165, 1.54) is 10.4 Å². The first-order valence-corrected chi connectivity index (χ1v) is 45.1. The lowest BCUT2D eigenvalue weighted by atomic mass is 9.88. The zero-order valence-electron chi connectivity index (χ0n) is 79.1. The van der Waals surface area contributed by atoms with E-state index in [1.807, 2.05) is 166 Å². The number of aliphatic hydroxyl groups is 1. The van der Waals surface area contributed by atoms with Crippen molar-refractivity contribution in [2.75, 3.05) is 145 Å². The first kappa shape index (κ1) is 112. The van der Waals surface area contributed by atoms with Gasteiger partial charge in [0.05, 0.1) is 140 Å². The molecule has 726 valence electrons. The number of phenolic OH excluding ortho intramolecular Hbond substituents is 1. The largest absolute Gasteiger partial charge is 0.534 e. The van der Waals surface area contributed by atoms with E-state index in [9.17, 15) is 10.2 Å². The molecule has 26 heteroatoms. The quantitative estimate of drug-likeness (QED) is 0.0117. The average Bonchev–Trinajstić information content (AvgIpc) is 0.735. The first-order chi connectivity index (χ1) is 63.0. The molecule has 0 saturated carbocycles. The molecule has 1 unspecified atom stereocenters. The summed E-state index contributed by atoms with van der Waals surface area (Å²) in [6, 6.07) is 65.7. The molecule has 0 aromatic heterocycles. The SMILES string of the molecule is C.C.C.C=CCOc1c(C)c(OC)c(OC)c2c1C(O)CN[C@H]2COCc1ccccc1.C=CCOc1cc([C@H](COCc2ccccc2)NCC(OC)OC)c(OC)c(OC)c1C.COc1c([C@@H](N)COCc2ccccc2)cc(O[Si](c2ccccc2)(c2ccccc2)C(C)(C)C)c(C)c1OC.COc1c([C@H](COCc2ccccc2)NCC(OC)OC)cc(O)c(C)c1OC. The summed E-state index contributed by atoms with van der Waals surface area (Å²) >= 11 is 0. The monoisotopic (exact) mass is 1850 g/mol. The van der Waals surface area contributed by atoms with Crippen molar-refractivity contribution in [2.45, 2.75) is 145 Å². The standard InChI is InChI=1S/C34H41NO4Si.C25H35NO6.C23H29NO5.C22H31NO6.3CH4/c1-25-31(39-40(34(2,3)4,27-18-12-8-13-19-27)28-20-14-9-15-21-28)22-29(33(37-6)32(25)36-5)30(35)24-38-23-26-16-10-7-11-17-26;1-7-13-32-22-14-20(25(30-6)24(29-5)18(22)2)21(26-15-23(27-3)28-4)17-31-16-19-11-9-8-10-12-19;1-5-11-29-21-15(2)22(26-3)23(27-4)19-17(24-12-18(25)20(19)21)14-28-13-16-9-7-6-8-10-16;1-15-19(24)11-17(22(28-5)21(15)27-4)18(23-12-20(25-2)26-3)14-29-13-16-9-7-6-8-10-16;;;/h7-22,30H,23-24,35H2,1-6H3;7-12,14,21,23,26H,1,13,15-17H2,2-6H3;5-10,17-18,24-25H,1,11-14H2,2-4H3;6-11,18,20,23-24H,12-14H2,1-5H3;3*1H4/t30-;21-;17-,18?;18-;;;/m0000.../s1. The highest BCUT2D eigenvalue weighted by molar-refractivity contribution is 7.00. The van der Waals surface area contributed by atoms with Gasteiger partial charge < -0.3 is 122 Å². The van der Waals surface area contributed by atoms with Crippen molar-refractivity contribution in [1.29, 1.82) is 0 Å². The second-order valence-electron chi connectivity index (χ2n) is 31.6. The predicted octanol–water partition coefficient (Wildman–Crippen LogP) is 18.8. The number of nitrogens with one attached hydrogen (secondary N) is 3. The molecule has 0 amide bonds. The lowest BCUT2D eigenvalue weighted by Crippen LogP contribution is -2.68. The van der Waals surface area contributed by atoms with Crippen LogP contribution < -0.4 is 83.9 Å². The second kappa shape index (κ2) is 58.2. The van der Waals surface area contributed by atoms with Crippen LogP contribution in [0.4, 0.5) is 0 Å². The molecule has 0 spiro atoms. The number of hydrogen-bond acceptors (Lipinski definition) is 25. The maximum atomic E-state index is 10.8. The van der Waals surface area contributed by atoms with Crippen LogP contribution in [0, 0.1) is 27.7 Å². The Balaban J connectivity index is 0.000000314. The molecule has 1 aliphatic heterocycles. The summed E-state index contributed by atoms with van der Waals surface area (Å²) in [6.45, 7) is 27.2. The molecular weight excluding hydrogens is 1710 g/mol. The molecule has 0 fully saturated rings. The van der Waals surface area contributed by atoms with Crippen LogP contribution in [0.25, 0.3) is 0 Å². The van der Waals surface area contributed by atoms with Gasteiger partial charge in [-0.3, -0.25) is 0 Å². The summed E-state index contributed by atoms with van der Waals surface area (Å²) in [5.41, 5.74) is 18.1. The number of phenols is 1. The van der Waals surface area contributed by atoms with Crippen LogP contribution in [0.1, 0.15) is 146 Å². The van der Waals surface area contributed by atoms with Crippen molar-refractivity contribution in [3.63, 3.8) is 0 Å². The maximum Gasteiger partial charge on any atom is 0.319 e. The molecule has 25 nitrogen and oxygen atoms in total. The Morgan fingerprint density at radius 1 is 0.421 bits per heavy atom. The highest BCUT2D eigenvalue weighted by Gasteiger charge is 2.53. The van der Waals surface area contributed by atoms with Gasteiger partial charge in [0.1, 0.15) is 36.2 Å². The molecule has 0 aliphatic carbocycles. The van der Waals surface area contributed by atoms with E-state index >= 15 is 0 Å². The lowest BCUT2D eigenvalue weighted by Gasteiger charge is -2.43. The molecular formula is C107H148N4O21Si. The Labute approximate surface area is 792 Å². The highest BCUT2D eigenvalue weighted by atomic mass is 28.4. The lowest BCUT2D eigenvalue weighted by molar-refractivity contribution is -0.101. The van der Waals surface area contributed by atoms with E-state index in [2.05, 4.69) is 98.4 Å². The van der Waals surface area contributed by atoms with Gasteiger partial charge in [-0.05, 0) is 83.6 Å². The van der Waals surface area contributed by atoms with Crippen molar-refractivity contribution in [2.24, 2.45) is 5.73 Å². The van der Waals surface area contributed by atoms with E-state index in [1.54, 1.807) is 110 Å². The molecule has 1 aliphatic rings. The number of nitrogens with two attached hydrogens (primary N) is 1. The van der Waals surface area contributed by atoms with Gasteiger partial charge in [-0.25, -0.2) is 0 Å². The van der Waals surface area contributed by atoms with Crippen LogP contribution in [0.15, 0.2) is 226 Å². The molecule has 5 atom stereocenters. The van der Waals surface area contributed by atoms with Crippen LogP contribution in [0.2, 0.25) is 5.04 Å². The van der Waals surface area contributed by atoms with Gasteiger partial charge in [0.2, 0.25) is 0 Å². The van der Waals surface area contributed by atoms with E-state index in [0.29, 0.717) is 154 Å². The summed E-state index contributed by atoms with van der Waals surface area (Å²) in [7, 11) is 16.4. The Hall–Kier alpha value is -11.0. The van der Waals surface area contributed by atoms with Gasteiger partial charge in [-0.15, -0.1) is 0 Å². The fraction of sp³-hybridized carbons (Fsp3) is 0.402. The van der Waals surface area contributed by atoms with Crippen molar-refractivity contribution in [1.82, 2.24) is 16.0 Å². The third-order valence-electron chi connectivity index (χ3n) is 22.2. The number of hydrogen-bond donors (Lipinski definition) is 6. The van der Waals surface area contributed by atoms with Gasteiger partial charge in [-0.1, -0.05) is 250 Å². The summed E-state index contributed by atoms with van der Waals surface area (Å²) in [5.74, 6) is 6.86. The van der Waals surface area contributed by atoms with Crippen LogP contribution in [-0.4, -0.2) is 176 Å². The van der Waals surface area contributed by atoms with E-state index in [-0.39, 0.29) is 51.2 Å². The van der Waals surface area contributed by atoms with E-state index in [4.69, 9.17) is 95.4 Å². The minimum absolute atomic E-state index is 0. The Kier molecular flexibility index (Phi) is 49.2. The minimum atomic E-state index is -2.88. The third kappa shape index (κ3) is 30.2. The van der Waals surface area contributed by atoms with Crippen molar-refractivity contribution in [3.05, 3.63) is 298 Å². The normalized spacial score (nSPS) is 13.3. The summed E-state index contributed by atoms with van der Waals surface area (Å²) in [6.07, 6.45) is 1.83. The smallest absolute Gasteiger partial charge is 0.319 e. The maximum absolute atomic E-state index is 10.8. The fourth-order valence-corrected chi connectivity index (χ4v) is 20.0. The second-order valence-corrected chi connectivity index (χ2v) is 35.8. The number of benzene rings is 10. The Bertz CT molecular complexity index is 4970. The van der Waals surface area contributed by atoms with Gasteiger partial charge in [0.25, 0.3) is 0 Å². The van der Waals surface area contributed by atoms with E-state index in [0.717, 1.165) is 66.9 Å². The summed E-state index contributed by atoms with van der Waals surface area (Å²) in [5, 5.41) is 33.6. The van der Waals surface area contributed by atoms with Gasteiger partial charge in [0.15, 0.2) is 58.6 Å². The van der Waals surface area contributed by atoms with Gasteiger partial charge in [0, 0.05) is 98.1 Å². The zero-order chi connectivity index (χ0) is 94.1. The van der Waals surface area contributed by atoms with Crippen molar-refractivity contribution >= 4 is 18.7 Å². The van der Waals surface area contributed by atoms with Crippen molar-refractivity contribution in [3.8, 4) is 69.0 Å². The Morgan fingerprint density at radius 2 is 0.767 bits per heavy atom. The predicted molar refractivity (Wildman–Crippen MR) is 533 cm³/mol. The fourth-order valence-electron chi connectivity index (χ4n) is 15.6. The van der Waals surface area contributed by atoms with Crippen molar-refractivity contribution < 1.29 is 99.9 Å². The van der Waals surface area contributed by atoms with Gasteiger partial charge in [-0.2, -0.15) is 0 Å². The molecule has 10 aromatic carbocycles. The average molecular weight is 1850 g/mol. The summed E-state index contributed by atoms with van der Waals surface area (Å²) in [4.78, 5) is 0. The summed E-state index contributed by atoms with van der Waals surface area (Å²) < 4.78 is 110. The topological polar surface area (TPSA) is 278 Å². The number of fused-ring (bicyclic) bond motifs is 1. The molecule has 0 saturated heterocycles. The Morgan fingerprint density at radius 3 is 1.16 bits per heavy atom.